The Morgan fingerprint density at radius 3 is 2.39 bits per heavy atom. The number of sulfonamides is 1. The van der Waals surface area contributed by atoms with Gasteiger partial charge in [-0.05, 0) is 49.7 Å². The lowest BCUT2D eigenvalue weighted by atomic mass is 9.84. The molecule has 0 aliphatic rings. The van der Waals surface area contributed by atoms with Crippen molar-refractivity contribution in [3.05, 3.63) is 65.2 Å². The number of carbonyl (C=O) groups excluding carboxylic acids is 1. The highest BCUT2D eigenvalue weighted by Crippen LogP contribution is 2.23. The van der Waals surface area contributed by atoms with Gasteiger partial charge < -0.3 is 5.32 Å². The average molecular weight is 410 g/mol. The van der Waals surface area contributed by atoms with E-state index in [0.29, 0.717) is 5.56 Å². The lowest BCUT2D eigenvalue weighted by molar-refractivity contribution is 0.0941. The summed E-state index contributed by atoms with van der Waals surface area (Å²) in [6, 6.07) is 8.71. The van der Waals surface area contributed by atoms with Crippen LogP contribution in [0.5, 0.6) is 0 Å². The Hall–Kier alpha value is -2.32. The van der Waals surface area contributed by atoms with Crippen molar-refractivity contribution in [2.45, 2.75) is 44.0 Å². The van der Waals surface area contributed by atoms with Gasteiger partial charge in [0, 0.05) is 18.0 Å². The van der Waals surface area contributed by atoms with Crippen molar-refractivity contribution < 1.29 is 22.0 Å². The number of hydrogen-bond donors (Lipinski definition) is 2. The molecule has 0 heterocycles. The van der Waals surface area contributed by atoms with Gasteiger partial charge in [-0.3, -0.25) is 4.79 Å². The van der Waals surface area contributed by atoms with E-state index in [0.717, 1.165) is 18.2 Å². The fraction of sp³-hybridized carbons (Fsp3) is 0.350. The fourth-order valence-corrected chi connectivity index (χ4v) is 3.91. The second-order valence-electron chi connectivity index (χ2n) is 7.49. The van der Waals surface area contributed by atoms with Crippen molar-refractivity contribution in [3.63, 3.8) is 0 Å². The highest BCUT2D eigenvalue weighted by Gasteiger charge is 2.24. The Morgan fingerprint density at radius 1 is 1.11 bits per heavy atom. The molecule has 8 heteroatoms. The van der Waals surface area contributed by atoms with E-state index in [1.54, 1.807) is 26.0 Å². The molecule has 5 nitrogen and oxygen atoms in total. The lowest BCUT2D eigenvalue weighted by Crippen LogP contribution is -2.37. The highest BCUT2D eigenvalue weighted by molar-refractivity contribution is 7.89. The number of benzene rings is 2. The van der Waals surface area contributed by atoms with E-state index < -0.39 is 33.0 Å². The van der Waals surface area contributed by atoms with Gasteiger partial charge in [-0.2, -0.15) is 0 Å². The first-order chi connectivity index (χ1) is 12.9. The van der Waals surface area contributed by atoms with Gasteiger partial charge >= 0.3 is 0 Å². The zero-order chi connectivity index (χ0) is 21.1. The first-order valence-electron chi connectivity index (χ1n) is 8.78. The Morgan fingerprint density at radius 2 is 1.79 bits per heavy atom. The van der Waals surface area contributed by atoms with Crippen LogP contribution in [0.25, 0.3) is 0 Å². The molecule has 0 bridgehead atoms. The molecule has 0 atom stereocenters. The summed E-state index contributed by atoms with van der Waals surface area (Å²) in [5.74, 6) is -1.97. The molecule has 0 radical (unpaired) electrons. The van der Waals surface area contributed by atoms with E-state index in [4.69, 9.17) is 0 Å². The summed E-state index contributed by atoms with van der Waals surface area (Å²) in [6.07, 6.45) is 0. The minimum absolute atomic E-state index is 0.107. The highest BCUT2D eigenvalue weighted by atomic mass is 32.2. The quantitative estimate of drug-likeness (QED) is 0.735. The van der Waals surface area contributed by atoms with E-state index in [2.05, 4.69) is 10.0 Å². The molecule has 0 fully saturated rings. The summed E-state index contributed by atoms with van der Waals surface area (Å²) >= 11 is 0. The molecule has 0 spiro atoms. The molecule has 0 aliphatic heterocycles. The SMILES string of the molecule is CC(C)NS(=O)(=O)c1ccc(F)c(C(=O)NCC(C)(C)c2cccc(F)c2)c1. The molecular weight excluding hydrogens is 386 g/mol. The van der Waals surface area contributed by atoms with Gasteiger partial charge in [0.25, 0.3) is 5.91 Å². The van der Waals surface area contributed by atoms with Crippen LogP contribution in [0, 0.1) is 11.6 Å². The molecule has 0 saturated carbocycles. The van der Waals surface area contributed by atoms with Crippen molar-refractivity contribution in [2.24, 2.45) is 0 Å². The van der Waals surface area contributed by atoms with Crippen molar-refractivity contribution in [1.29, 1.82) is 0 Å². The number of nitrogens with one attached hydrogen (secondary N) is 2. The van der Waals surface area contributed by atoms with E-state index in [1.807, 2.05) is 13.8 Å². The summed E-state index contributed by atoms with van der Waals surface area (Å²) in [4.78, 5) is 12.3. The number of amides is 1. The molecule has 0 saturated heterocycles. The summed E-state index contributed by atoms with van der Waals surface area (Å²) in [5.41, 5.74) is -0.315. The van der Waals surface area contributed by atoms with Gasteiger partial charge in [0.2, 0.25) is 10.0 Å². The molecule has 2 rings (SSSR count). The van der Waals surface area contributed by atoms with Crippen molar-refractivity contribution in [1.82, 2.24) is 10.0 Å². The topological polar surface area (TPSA) is 75.3 Å². The third-order valence-electron chi connectivity index (χ3n) is 4.18. The smallest absolute Gasteiger partial charge is 0.254 e. The Balaban J connectivity index is 2.21. The molecule has 1 amide bonds. The summed E-state index contributed by atoms with van der Waals surface area (Å²) in [7, 11) is -3.86. The number of halogens is 2. The minimum Gasteiger partial charge on any atom is -0.351 e. The largest absolute Gasteiger partial charge is 0.351 e. The fourth-order valence-electron chi connectivity index (χ4n) is 2.63. The van der Waals surface area contributed by atoms with Crippen LogP contribution in [0.15, 0.2) is 47.4 Å². The number of hydrogen-bond acceptors (Lipinski definition) is 3. The molecule has 28 heavy (non-hydrogen) atoms. The summed E-state index contributed by atoms with van der Waals surface area (Å²) in [6.45, 7) is 7.04. The second-order valence-corrected chi connectivity index (χ2v) is 9.21. The van der Waals surface area contributed by atoms with E-state index >= 15 is 0 Å². The molecule has 2 N–H and O–H groups in total. The van der Waals surface area contributed by atoms with Gasteiger partial charge in [0.15, 0.2) is 0 Å². The maximum atomic E-state index is 14.1. The van der Waals surface area contributed by atoms with Gasteiger partial charge in [-0.15, -0.1) is 0 Å². The minimum atomic E-state index is -3.86. The first kappa shape index (κ1) is 22.0. The van der Waals surface area contributed by atoms with Gasteiger partial charge in [-0.1, -0.05) is 26.0 Å². The summed E-state index contributed by atoms with van der Waals surface area (Å²) < 4.78 is 54.5. The van der Waals surface area contributed by atoms with Crippen LogP contribution >= 0.6 is 0 Å². The number of rotatable bonds is 7. The first-order valence-corrected chi connectivity index (χ1v) is 10.3. The van der Waals surface area contributed by atoms with Crippen molar-refractivity contribution in [3.8, 4) is 0 Å². The Kier molecular flexibility index (Phi) is 6.56. The van der Waals surface area contributed by atoms with E-state index in [9.17, 15) is 22.0 Å². The molecule has 2 aromatic carbocycles. The second kappa shape index (κ2) is 8.36. The van der Waals surface area contributed by atoms with E-state index in [1.165, 1.54) is 12.1 Å². The third kappa shape index (κ3) is 5.36. The zero-order valence-corrected chi connectivity index (χ0v) is 17.0. The van der Waals surface area contributed by atoms with Crippen molar-refractivity contribution in [2.75, 3.05) is 6.54 Å². The standard InChI is InChI=1S/C20H24F2N2O3S/c1-13(2)24-28(26,27)16-8-9-18(22)17(11-16)19(25)23-12-20(3,4)14-6-5-7-15(21)10-14/h5-11,13,24H,12H2,1-4H3,(H,23,25). The van der Waals surface area contributed by atoms with Crippen LogP contribution in [-0.2, 0) is 15.4 Å². The third-order valence-corrected chi connectivity index (χ3v) is 5.84. The monoisotopic (exact) mass is 410 g/mol. The molecule has 0 aliphatic carbocycles. The van der Waals surface area contributed by atoms with Crippen LogP contribution in [0.2, 0.25) is 0 Å². The maximum Gasteiger partial charge on any atom is 0.254 e. The normalized spacial score (nSPS) is 12.2. The van der Waals surface area contributed by atoms with Crippen LogP contribution in [0.3, 0.4) is 0 Å². The lowest BCUT2D eigenvalue weighted by Gasteiger charge is -2.25. The average Bonchev–Trinajstić information content (AvgIpc) is 2.59. The van der Waals surface area contributed by atoms with Gasteiger partial charge in [-0.25, -0.2) is 21.9 Å². The van der Waals surface area contributed by atoms with Gasteiger partial charge in [0.05, 0.1) is 10.5 Å². The Labute approximate surface area is 164 Å². The maximum absolute atomic E-state index is 14.1. The summed E-state index contributed by atoms with van der Waals surface area (Å²) in [5, 5.41) is 2.60. The molecule has 2 aromatic rings. The van der Waals surface area contributed by atoms with Gasteiger partial charge in [0.1, 0.15) is 11.6 Å². The predicted molar refractivity (Wildman–Crippen MR) is 104 cm³/mol. The Bertz CT molecular complexity index is 973. The predicted octanol–water partition coefficient (Wildman–Crippen LogP) is 3.36. The molecule has 0 aromatic heterocycles. The molecule has 0 unspecified atom stereocenters. The van der Waals surface area contributed by atoms with Crippen molar-refractivity contribution >= 4 is 15.9 Å². The van der Waals surface area contributed by atoms with Crippen LogP contribution in [-0.4, -0.2) is 26.9 Å². The molecular formula is C20H24F2N2O3S. The number of carbonyl (C=O) groups is 1. The van der Waals surface area contributed by atoms with Crippen LogP contribution in [0.1, 0.15) is 43.6 Å². The van der Waals surface area contributed by atoms with Crippen LogP contribution < -0.4 is 10.0 Å². The molecule has 152 valence electrons. The van der Waals surface area contributed by atoms with Crippen LogP contribution in [0.4, 0.5) is 8.78 Å². The zero-order valence-electron chi connectivity index (χ0n) is 16.2. The van der Waals surface area contributed by atoms with E-state index in [-0.39, 0.29) is 23.0 Å².